The van der Waals surface area contributed by atoms with Gasteiger partial charge < -0.3 is 14.6 Å². The normalized spacial score (nSPS) is 12.0. The molecule has 5 heteroatoms. The number of hydrogen-bond acceptors (Lipinski definition) is 4. The summed E-state index contributed by atoms with van der Waals surface area (Å²) < 4.78 is 11.5. The van der Waals surface area contributed by atoms with Crippen LogP contribution in [0.25, 0.3) is 0 Å². The topological polar surface area (TPSA) is 51.6 Å². The monoisotopic (exact) mass is 351 g/mol. The number of halogens is 1. The van der Waals surface area contributed by atoms with Crippen molar-refractivity contribution in [1.82, 2.24) is 4.98 Å². The van der Waals surface area contributed by atoms with Gasteiger partial charge in [-0.25, -0.2) is 0 Å². The Labute approximate surface area is 132 Å². The lowest BCUT2D eigenvalue weighted by molar-refractivity contribution is 0.218. The molecule has 0 bridgehead atoms. The van der Waals surface area contributed by atoms with Crippen LogP contribution in [0.3, 0.4) is 0 Å². The van der Waals surface area contributed by atoms with Gasteiger partial charge in [-0.2, -0.15) is 0 Å². The maximum absolute atomic E-state index is 10.5. The van der Waals surface area contributed by atoms with Gasteiger partial charge in [-0.1, -0.05) is 13.0 Å². The van der Waals surface area contributed by atoms with Crippen molar-refractivity contribution in [3.8, 4) is 11.5 Å². The summed E-state index contributed by atoms with van der Waals surface area (Å²) in [5, 5.41) is 10.5. The van der Waals surface area contributed by atoms with E-state index in [0.29, 0.717) is 17.9 Å². The molecule has 0 saturated carbocycles. The number of aromatic nitrogens is 1. The Hall–Kier alpha value is -1.59. The van der Waals surface area contributed by atoms with E-state index in [0.717, 1.165) is 22.2 Å². The summed E-state index contributed by atoms with van der Waals surface area (Å²) in [6.07, 6.45) is 3.46. The van der Waals surface area contributed by atoms with Crippen molar-refractivity contribution in [2.24, 2.45) is 0 Å². The lowest BCUT2D eigenvalue weighted by Gasteiger charge is -2.14. The van der Waals surface area contributed by atoms with Crippen LogP contribution in [0.2, 0.25) is 0 Å². The van der Waals surface area contributed by atoms with Crippen LogP contribution in [0.1, 0.15) is 30.6 Å². The molecule has 112 valence electrons. The number of pyridine rings is 1. The van der Waals surface area contributed by atoms with Gasteiger partial charge in [-0.3, -0.25) is 4.98 Å². The lowest BCUT2D eigenvalue weighted by atomic mass is 10.0. The molecule has 0 spiro atoms. The molecule has 0 aliphatic rings. The first-order valence-electron chi connectivity index (χ1n) is 6.75. The summed E-state index contributed by atoms with van der Waals surface area (Å²) >= 11 is 3.42. The van der Waals surface area contributed by atoms with Crippen molar-refractivity contribution in [3.05, 3.63) is 52.3 Å². The Morgan fingerprint density at radius 1 is 1.24 bits per heavy atom. The van der Waals surface area contributed by atoms with Crippen molar-refractivity contribution in [1.29, 1.82) is 0 Å². The van der Waals surface area contributed by atoms with Crippen LogP contribution in [0.5, 0.6) is 11.5 Å². The van der Waals surface area contributed by atoms with E-state index in [1.807, 2.05) is 31.2 Å². The highest BCUT2D eigenvalue weighted by atomic mass is 79.9. The molecule has 0 saturated heterocycles. The number of aliphatic hydroxyl groups is 1. The van der Waals surface area contributed by atoms with E-state index in [1.54, 1.807) is 19.5 Å². The van der Waals surface area contributed by atoms with Crippen molar-refractivity contribution < 1.29 is 14.6 Å². The summed E-state index contributed by atoms with van der Waals surface area (Å²) in [6.45, 7) is 2.68. The standard InChI is InChI=1S/C16H18BrNO3/c1-3-6-21-13-7-12(9-18-10-13)16(19)11-4-5-15(20-2)14(17)8-11/h4-5,7-10,16,19H,3,6H2,1-2H3. The fourth-order valence-corrected chi connectivity index (χ4v) is 2.49. The number of aliphatic hydroxyl groups excluding tert-OH is 1. The van der Waals surface area contributed by atoms with Gasteiger partial charge in [0.05, 0.1) is 24.4 Å². The molecule has 1 atom stereocenters. The van der Waals surface area contributed by atoms with Crippen LogP contribution in [0.15, 0.2) is 41.1 Å². The smallest absolute Gasteiger partial charge is 0.137 e. The van der Waals surface area contributed by atoms with E-state index in [1.165, 1.54) is 0 Å². The summed E-state index contributed by atoms with van der Waals surface area (Å²) in [4.78, 5) is 4.12. The van der Waals surface area contributed by atoms with Crippen LogP contribution in [-0.4, -0.2) is 23.8 Å². The largest absolute Gasteiger partial charge is 0.496 e. The van der Waals surface area contributed by atoms with Gasteiger partial charge in [0.2, 0.25) is 0 Å². The van der Waals surface area contributed by atoms with Crippen LogP contribution in [-0.2, 0) is 0 Å². The highest BCUT2D eigenvalue weighted by molar-refractivity contribution is 9.10. The molecule has 1 aromatic carbocycles. The third-order valence-corrected chi connectivity index (χ3v) is 3.63. The maximum atomic E-state index is 10.5. The average Bonchev–Trinajstić information content (AvgIpc) is 2.52. The van der Waals surface area contributed by atoms with Gasteiger partial charge in [0.25, 0.3) is 0 Å². The minimum atomic E-state index is -0.759. The predicted octanol–water partition coefficient (Wildman–Crippen LogP) is 3.72. The van der Waals surface area contributed by atoms with Crippen LogP contribution < -0.4 is 9.47 Å². The Kier molecular flexibility index (Phi) is 5.59. The molecule has 0 fully saturated rings. The maximum Gasteiger partial charge on any atom is 0.137 e. The number of benzene rings is 1. The highest BCUT2D eigenvalue weighted by Crippen LogP contribution is 2.31. The molecule has 1 aromatic heterocycles. The molecule has 21 heavy (non-hydrogen) atoms. The van der Waals surface area contributed by atoms with Gasteiger partial charge in [0.15, 0.2) is 0 Å². The van der Waals surface area contributed by atoms with Gasteiger partial charge >= 0.3 is 0 Å². The minimum Gasteiger partial charge on any atom is -0.496 e. The third kappa shape index (κ3) is 3.95. The Bertz CT molecular complexity index is 604. The SMILES string of the molecule is CCCOc1cncc(C(O)c2ccc(OC)c(Br)c2)c1. The molecular weight excluding hydrogens is 334 g/mol. The number of nitrogens with zero attached hydrogens (tertiary/aromatic N) is 1. The van der Waals surface area contributed by atoms with E-state index in [2.05, 4.69) is 20.9 Å². The summed E-state index contributed by atoms with van der Waals surface area (Å²) in [7, 11) is 1.61. The quantitative estimate of drug-likeness (QED) is 0.861. The van der Waals surface area contributed by atoms with Crippen molar-refractivity contribution >= 4 is 15.9 Å². The first-order chi connectivity index (χ1) is 10.2. The Morgan fingerprint density at radius 2 is 2.05 bits per heavy atom. The van der Waals surface area contributed by atoms with Crippen LogP contribution in [0, 0.1) is 0 Å². The molecule has 1 N–H and O–H groups in total. The molecule has 0 radical (unpaired) electrons. The first kappa shape index (κ1) is 15.8. The number of hydrogen-bond donors (Lipinski definition) is 1. The van der Waals surface area contributed by atoms with Crippen molar-refractivity contribution in [2.75, 3.05) is 13.7 Å². The number of ether oxygens (including phenoxy) is 2. The fraction of sp³-hybridized carbons (Fsp3) is 0.312. The van der Waals surface area contributed by atoms with Crippen LogP contribution >= 0.6 is 15.9 Å². The predicted molar refractivity (Wildman–Crippen MR) is 84.8 cm³/mol. The Morgan fingerprint density at radius 3 is 2.71 bits per heavy atom. The van der Waals surface area contributed by atoms with E-state index >= 15 is 0 Å². The molecule has 1 heterocycles. The lowest BCUT2D eigenvalue weighted by Crippen LogP contribution is -2.02. The van der Waals surface area contributed by atoms with Gasteiger partial charge in [-0.15, -0.1) is 0 Å². The fourth-order valence-electron chi connectivity index (χ4n) is 1.93. The molecule has 2 rings (SSSR count). The second kappa shape index (κ2) is 7.43. The molecular formula is C16H18BrNO3. The second-order valence-corrected chi connectivity index (χ2v) is 5.45. The minimum absolute atomic E-state index is 0.634. The zero-order valence-corrected chi connectivity index (χ0v) is 13.6. The average molecular weight is 352 g/mol. The zero-order valence-electron chi connectivity index (χ0n) is 12.0. The van der Waals surface area contributed by atoms with E-state index in [-0.39, 0.29) is 0 Å². The molecule has 4 nitrogen and oxygen atoms in total. The summed E-state index contributed by atoms with van der Waals surface area (Å²) in [5.74, 6) is 1.39. The van der Waals surface area contributed by atoms with Gasteiger partial charge in [-0.05, 0) is 46.1 Å². The van der Waals surface area contributed by atoms with Gasteiger partial charge in [0.1, 0.15) is 17.6 Å². The third-order valence-electron chi connectivity index (χ3n) is 3.01. The highest BCUT2D eigenvalue weighted by Gasteiger charge is 2.13. The molecule has 1 unspecified atom stereocenters. The second-order valence-electron chi connectivity index (χ2n) is 4.60. The number of methoxy groups -OCH3 is 1. The van der Waals surface area contributed by atoms with Crippen molar-refractivity contribution in [3.63, 3.8) is 0 Å². The number of rotatable bonds is 6. The summed E-state index contributed by atoms with van der Waals surface area (Å²) in [6, 6.07) is 7.29. The first-order valence-corrected chi connectivity index (χ1v) is 7.54. The van der Waals surface area contributed by atoms with Gasteiger partial charge in [0, 0.05) is 11.8 Å². The Balaban J connectivity index is 2.22. The van der Waals surface area contributed by atoms with Crippen LogP contribution in [0.4, 0.5) is 0 Å². The molecule has 0 aliphatic heterocycles. The van der Waals surface area contributed by atoms with E-state index < -0.39 is 6.10 Å². The zero-order chi connectivity index (χ0) is 15.2. The van der Waals surface area contributed by atoms with E-state index in [9.17, 15) is 5.11 Å². The van der Waals surface area contributed by atoms with Crippen molar-refractivity contribution in [2.45, 2.75) is 19.4 Å². The molecule has 2 aromatic rings. The summed E-state index contributed by atoms with van der Waals surface area (Å²) in [5.41, 5.74) is 1.46. The van der Waals surface area contributed by atoms with E-state index in [4.69, 9.17) is 9.47 Å². The molecule has 0 amide bonds. The molecule has 0 aliphatic carbocycles.